The van der Waals surface area contributed by atoms with Crippen LogP contribution in [0.1, 0.15) is 54.7 Å². The van der Waals surface area contributed by atoms with Crippen molar-refractivity contribution in [3.8, 4) is 23.0 Å². The van der Waals surface area contributed by atoms with Gasteiger partial charge in [-0.05, 0) is 68.6 Å². The molecule has 5 heterocycles. The Hall–Kier alpha value is -4.01. The van der Waals surface area contributed by atoms with Gasteiger partial charge in [0.1, 0.15) is 17.2 Å². The van der Waals surface area contributed by atoms with Crippen molar-refractivity contribution in [3.05, 3.63) is 75.9 Å². The number of likely N-dealkylation sites (tertiary alicyclic amines) is 1. The lowest BCUT2D eigenvalue weighted by Gasteiger charge is -2.33. The van der Waals surface area contributed by atoms with Crippen molar-refractivity contribution >= 4 is 17.3 Å². The lowest BCUT2D eigenvalue weighted by atomic mass is 9.88. The molecule has 0 unspecified atom stereocenters. The number of fused-ring (bicyclic) bond motifs is 1. The smallest absolute Gasteiger partial charge is 0.444 e. The van der Waals surface area contributed by atoms with Crippen LogP contribution in [0.15, 0.2) is 42.5 Å². The first-order valence-electron chi connectivity index (χ1n) is 15.0. The summed E-state index contributed by atoms with van der Waals surface area (Å²) >= 11 is 5.96. The summed E-state index contributed by atoms with van der Waals surface area (Å²) in [6.45, 7) is 4.57. The van der Waals surface area contributed by atoms with Crippen LogP contribution < -0.4 is 14.4 Å². The first kappa shape index (κ1) is 30.6. The number of para-hydroxylation sites is 1. The van der Waals surface area contributed by atoms with E-state index in [4.69, 9.17) is 21.1 Å². The molecule has 0 amide bonds. The van der Waals surface area contributed by atoms with Gasteiger partial charge in [0.2, 0.25) is 11.6 Å². The van der Waals surface area contributed by atoms with Gasteiger partial charge in [-0.3, -0.25) is 10.00 Å². The van der Waals surface area contributed by atoms with E-state index in [0.29, 0.717) is 48.9 Å². The number of aromatic nitrogens is 5. The number of anilines is 1. The van der Waals surface area contributed by atoms with E-state index in [0.717, 1.165) is 31.5 Å². The first-order chi connectivity index (χ1) is 22.0. The van der Waals surface area contributed by atoms with Crippen molar-refractivity contribution < 1.29 is 32.1 Å². The summed E-state index contributed by atoms with van der Waals surface area (Å²) in [6.07, 6.45) is -2.99. The lowest BCUT2D eigenvalue weighted by Crippen LogP contribution is -2.34. The quantitative estimate of drug-likeness (QED) is 0.253. The number of aliphatic hydroxyl groups is 1. The molecular weight excluding hydrogens is 630 g/mol. The topological polar surface area (TPSA) is 113 Å². The fourth-order valence-electron chi connectivity index (χ4n) is 6.42. The van der Waals surface area contributed by atoms with E-state index in [1.54, 1.807) is 25.1 Å². The Labute approximate surface area is 266 Å². The average Bonchev–Trinajstić information content (AvgIpc) is 3.76. The van der Waals surface area contributed by atoms with E-state index in [9.17, 15) is 22.7 Å². The minimum absolute atomic E-state index is 0.108. The fourth-order valence-corrected chi connectivity index (χ4v) is 6.58. The van der Waals surface area contributed by atoms with E-state index >= 15 is 0 Å². The average molecular weight is 660 g/mol. The summed E-state index contributed by atoms with van der Waals surface area (Å²) in [5.41, 5.74) is 2.70. The minimum Gasteiger partial charge on any atom is -0.444 e. The van der Waals surface area contributed by atoms with E-state index < -0.39 is 29.7 Å². The molecule has 15 heteroatoms. The summed E-state index contributed by atoms with van der Waals surface area (Å²) in [7, 11) is 0. The highest BCUT2D eigenvalue weighted by molar-refractivity contribution is 6.30. The van der Waals surface area contributed by atoms with Crippen LogP contribution in [0.25, 0.3) is 11.5 Å². The number of ether oxygens (including phenoxy) is 2. The van der Waals surface area contributed by atoms with Crippen molar-refractivity contribution in [3.63, 3.8) is 0 Å². The van der Waals surface area contributed by atoms with Crippen LogP contribution in [0, 0.1) is 5.82 Å². The standard InChI is InChI=1S/C31H30ClF4N7O3/c1-30(21-6-5-18(32)13-22(21)33)45-26-4-2-3-20(27(26)46-30)17-7-10-42(11-8-17)16-24-25(43-12-9-19(44)15-43)14-23(38-39-24)28-37-29(41-40-28)31(34,35)36/h2-6,13-14,17,19,44H,7-12,15-16H2,1H3,(H,37,40,41)/t19-,30+/m0/s1. The Morgan fingerprint density at radius 1 is 1.07 bits per heavy atom. The number of rotatable bonds is 6. The zero-order valence-corrected chi connectivity index (χ0v) is 25.4. The monoisotopic (exact) mass is 659 g/mol. The molecule has 2 fully saturated rings. The van der Waals surface area contributed by atoms with Gasteiger partial charge in [-0.2, -0.15) is 23.4 Å². The van der Waals surface area contributed by atoms with Crippen LogP contribution in [0.2, 0.25) is 5.02 Å². The Kier molecular flexibility index (Phi) is 7.76. The van der Waals surface area contributed by atoms with Crippen LogP contribution in [-0.2, 0) is 18.5 Å². The van der Waals surface area contributed by atoms with E-state index in [-0.39, 0.29) is 28.0 Å². The van der Waals surface area contributed by atoms with Gasteiger partial charge in [0.15, 0.2) is 11.5 Å². The number of piperidine rings is 1. The van der Waals surface area contributed by atoms with Gasteiger partial charge < -0.3 is 19.5 Å². The van der Waals surface area contributed by atoms with E-state index in [1.807, 2.05) is 28.2 Å². The first-order valence-corrected chi connectivity index (χ1v) is 15.3. The second-order valence-corrected chi connectivity index (χ2v) is 12.4. The van der Waals surface area contributed by atoms with Gasteiger partial charge in [-0.1, -0.05) is 23.7 Å². The van der Waals surface area contributed by atoms with Crippen molar-refractivity contribution in [2.24, 2.45) is 0 Å². The molecular formula is C31H30ClF4N7O3. The maximum atomic E-state index is 14.8. The lowest BCUT2D eigenvalue weighted by molar-refractivity contribution is -0.144. The van der Waals surface area contributed by atoms with Crippen molar-refractivity contribution in [1.82, 2.24) is 30.3 Å². The Morgan fingerprint density at radius 3 is 2.57 bits per heavy atom. The zero-order chi connectivity index (χ0) is 32.2. The molecule has 7 rings (SSSR count). The van der Waals surface area contributed by atoms with Crippen molar-refractivity contribution in [2.45, 2.75) is 56.7 Å². The third-order valence-corrected chi connectivity index (χ3v) is 9.00. The number of nitrogens with one attached hydrogen (secondary N) is 1. The number of benzene rings is 2. The SMILES string of the molecule is C[C@@]1(c2ccc(Cl)cc2F)Oc2cccc(C3CCN(Cc4nnc(-c5n[nH]c(C(F)(F)F)n5)cc4N4CC[C@H](O)C4)CC3)c2O1. The van der Waals surface area contributed by atoms with E-state index in [2.05, 4.69) is 25.2 Å². The summed E-state index contributed by atoms with van der Waals surface area (Å²) in [6, 6.07) is 11.8. The van der Waals surface area contributed by atoms with Gasteiger partial charge in [0, 0.05) is 37.1 Å². The van der Waals surface area contributed by atoms with Gasteiger partial charge >= 0.3 is 6.18 Å². The molecule has 46 heavy (non-hydrogen) atoms. The maximum absolute atomic E-state index is 14.8. The highest BCUT2D eigenvalue weighted by Crippen LogP contribution is 2.50. The van der Waals surface area contributed by atoms with Crippen molar-refractivity contribution in [1.29, 1.82) is 0 Å². The number of halogens is 5. The molecule has 10 nitrogen and oxygen atoms in total. The van der Waals surface area contributed by atoms with Gasteiger partial charge in [-0.15, -0.1) is 5.10 Å². The van der Waals surface area contributed by atoms with Gasteiger partial charge in [0.25, 0.3) is 5.79 Å². The molecule has 2 atom stereocenters. The number of hydrogen-bond donors (Lipinski definition) is 2. The molecule has 0 aliphatic carbocycles. The number of nitrogens with zero attached hydrogens (tertiary/aromatic N) is 6. The maximum Gasteiger partial charge on any atom is 0.451 e. The summed E-state index contributed by atoms with van der Waals surface area (Å²) in [5.74, 6) is -1.93. The Bertz CT molecular complexity index is 1760. The molecule has 0 radical (unpaired) electrons. The zero-order valence-electron chi connectivity index (χ0n) is 24.7. The Morgan fingerprint density at radius 2 is 1.87 bits per heavy atom. The van der Waals surface area contributed by atoms with Gasteiger partial charge in [-0.25, -0.2) is 9.37 Å². The number of alkyl halides is 3. The second kappa shape index (κ2) is 11.7. The largest absolute Gasteiger partial charge is 0.451 e. The van der Waals surface area contributed by atoms with Crippen molar-refractivity contribution in [2.75, 3.05) is 31.1 Å². The number of β-amino-alcohol motifs (C(OH)–C–C–N with tert-alkyl or cyclic N) is 1. The van der Waals surface area contributed by atoms with Crippen LogP contribution in [0.4, 0.5) is 23.2 Å². The Balaban J connectivity index is 1.07. The van der Waals surface area contributed by atoms with Crippen LogP contribution >= 0.6 is 11.6 Å². The summed E-state index contributed by atoms with van der Waals surface area (Å²) in [5, 5.41) is 24.7. The van der Waals surface area contributed by atoms with Gasteiger partial charge in [0.05, 0.1) is 17.4 Å². The molecule has 0 bridgehead atoms. The van der Waals surface area contributed by atoms with E-state index in [1.165, 1.54) is 6.07 Å². The predicted molar refractivity (Wildman–Crippen MR) is 159 cm³/mol. The highest BCUT2D eigenvalue weighted by atomic mass is 35.5. The molecule has 3 aliphatic heterocycles. The molecule has 0 saturated carbocycles. The molecule has 3 aliphatic rings. The summed E-state index contributed by atoms with van der Waals surface area (Å²) in [4.78, 5) is 7.77. The summed E-state index contributed by atoms with van der Waals surface area (Å²) < 4.78 is 66.6. The number of aromatic amines is 1. The molecule has 2 saturated heterocycles. The number of H-pyrrole nitrogens is 1. The van der Waals surface area contributed by atoms with Crippen LogP contribution in [0.5, 0.6) is 11.5 Å². The molecule has 2 aromatic carbocycles. The molecule has 242 valence electrons. The molecule has 2 aromatic heterocycles. The molecule has 2 N–H and O–H groups in total. The molecule has 0 spiro atoms. The number of aliphatic hydroxyl groups excluding tert-OH is 1. The highest BCUT2D eigenvalue weighted by Gasteiger charge is 2.43. The number of hydrogen-bond acceptors (Lipinski definition) is 9. The van der Waals surface area contributed by atoms with Crippen LogP contribution in [-0.4, -0.2) is 67.7 Å². The third-order valence-electron chi connectivity index (χ3n) is 8.77. The van der Waals surface area contributed by atoms with Crippen LogP contribution in [0.3, 0.4) is 0 Å². The molecule has 4 aromatic rings. The second-order valence-electron chi connectivity index (χ2n) is 12.0. The fraction of sp³-hybridized carbons (Fsp3) is 0.419. The minimum atomic E-state index is -4.67. The predicted octanol–water partition coefficient (Wildman–Crippen LogP) is 5.67. The third kappa shape index (κ3) is 5.84. The normalized spacial score (nSPS) is 22.2.